The molecule has 0 unspecified atom stereocenters. The van der Waals surface area contributed by atoms with E-state index in [0.29, 0.717) is 11.6 Å². The van der Waals surface area contributed by atoms with Gasteiger partial charge in [-0.3, -0.25) is 4.79 Å². The molecule has 0 bridgehead atoms. The quantitative estimate of drug-likeness (QED) is 0.769. The van der Waals surface area contributed by atoms with Crippen LogP contribution in [0.4, 0.5) is 0 Å². The number of rotatable bonds is 5. The monoisotopic (exact) mass is 286 g/mol. The van der Waals surface area contributed by atoms with E-state index in [1.54, 1.807) is 14.0 Å². The topological polar surface area (TPSA) is 108 Å². The summed E-state index contributed by atoms with van der Waals surface area (Å²) >= 11 is 5.68. The molecule has 0 atom stereocenters. The van der Waals surface area contributed by atoms with Crippen molar-refractivity contribution in [3.05, 3.63) is 16.8 Å². The van der Waals surface area contributed by atoms with Gasteiger partial charge in [0.25, 0.3) is 11.8 Å². The number of aromatic nitrogens is 5. The molecule has 2 heterocycles. The van der Waals surface area contributed by atoms with Crippen molar-refractivity contribution >= 4 is 17.5 Å². The second-order valence-electron chi connectivity index (χ2n) is 3.59. The third-order valence-corrected chi connectivity index (χ3v) is 2.48. The largest absolute Gasteiger partial charge is 0.472 e. The van der Waals surface area contributed by atoms with Crippen LogP contribution in [0.2, 0.25) is 5.28 Å². The minimum absolute atomic E-state index is 0.00628. The number of carbonyl (C=O) groups excluding carboxylic acids is 1. The molecule has 0 saturated heterocycles. The average molecular weight is 287 g/mol. The summed E-state index contributed by atoms with van der Waals surface area (Å²) in [5.41, 5.74) is 0.546. The number of hydrogen-bond donors (Lipinski definition) is 1. The molecule has 0 radical (unpaired) electrons. The first-order valence-corrected chi connectivity index (χ1v) is 5.72. The van der Waals surface area contributed by atoms with Crippen LogP contribution in [-0.2, 0) is 7.05 Å². The molecule has 0 aliphatic carbocycles. The lowest BCUT2D eigenvalue weighted by Crippen LogP contribution is -2.29. The summed E-state index contributed by atoms with van der Waals surface area (Å²) in [6, 6.07) is 0. The summed E-state index contributed by atoms with van der Waals surface area (Å²) < 4.78 is 11.0. The highest BCUT2D eigenvalue weighted by atomic mass is 35.5. The molecular formula is C9H11ClN6O3. The van der Waals surface area contributed by atoms with E-state index in [1.165, 1.54) is 4.68 Å². The zero-order valence-electron chi connectivity index (χ0n) is 10.3. The number of aryl methyl sites for hydroxylation is 2. The highest BCUT2D eigenvalue weighted by Crippen LogP contribution is 2.09. The van der Waals surface area contributed by atoms with Gasteiger partial charge in [0.15, 0.2) is 0 Å². The highest BCUT2D eigenvalue weighted by Gasteiger charge is 2.13. The number of nitrogens with zero attached hydrogens (tertiary/aromatic N) is 5. The van der Waals surface area contributed by atoms with Gasteiger partial charge in [0.2, 0.25) is 11.1 Å². The zero-order valence-corrected chi connectivity index (χ0v) is 11.0. The van der Waals surface area contributed by atoms with Crippen molar-refractivity contribution in [1.82, 2.24) is 30.4 Å². The maximum Gasteiger partial charge on any atom is 0.291 e. The number of amides is 1. The number of hydrogen-bond acceptors (Lipinski definition) is 7. The van der Waals surface area contributed by atoms with E-state index in [1.807, 2.05) is 0 Å². The van der Waals surface area contributed by atoms with Gasteiger partial charge in [-0.25, -0.2) is 9.31 Å². The number of halogens is 1. The van der Waals surface area contributed by atoms with E-state index in [0.717, 1.165) is 0 Å². The number of carbonyl (C=O) groups is 1. The SMILES string of the molecule is Cc1nonc1OCCNC(=O)c1nc(Cl)n(C)n1. The van der Waals surface area contributed by atoms with Crippen molar-refractivity contribution in [2.75, 3.05) is 13.2 Å². The van der Waals surface area contributed by atoms with Gasteiger partial charge in [-0.15, -0.1) is 5.10 Å². The fraction of sp³-hybridized carbons (Fsp3) is 0.444. The summed E-state index contributed by atoms with van der Waals surface area (Å²) in [7, 11) is 1.59. The van der Waals surface area contributed by atoms with Gasteiger partial charge in [0, 0.05) is 7.05 Å². The molecule has 19 heavy (non-hydrogen) atoms. The molecule has 0 fully saturated rings. The molecule has 2 aromatic heterocycles. The molecule has 10 heteroatoms. The fourth-order valence-corrected chi connectivity index (χ4v) is 1.33. The zero-order chi connectivity index (χ0) is 13.8. The maximum atomic E-state index is 11.6. The molecule has 0 aliphatic heterocycles. The lowest BCUT2D eigenvalue weighted by atomic mass is 10.5. The Morgan fingerprint density at radius 1 is 1.53 bits per heavy atom. The van der Waals surface area contributed by atoms with E-state index in [9.17, 15) is 4.79 Å². The van der Waals surface area contributed by atoms with Crippen LogP contribution >= 0.6 is 11.6 Å². The van der Waals surface area contributed by atoms with Crippen LogP contribution in [0.25, 0.3) is 0 Å². The van der Waals surface area contributed by atoms with Gasteiger partial charge in [-0.2, -0.15) is 4.98 Å². The van der Waals surface area contributed by atoms with Crippen LogP contribution in [0.15, 0.2) is 4.63 Å². The molecule has 0 aliphatic rings. The lowest BCUT2D eigenvalue weighted by molar-refractivity contribution is 0.0935. The van der Waals surface area contributed by atoms with E-state index in [-0.39, 0.29) is 24.3 Å². The molecule has 0 spiro atoms. The molecule has 1 amide bonds. The minimum Gasteiger partial charge on any atom is -0.472 e. The minimum atomic E-state index is -0.430. The van der Waals surface area contributed by atoms with Crippen LogP contribution < -0.4 is 10.1 Å². The molecule has 2 aromatic rings. The van der Waals surface area contributed by atoms with Crippen LogP contribution in [0.5, 0.6) is 5.88 Å². The van der Waals surface area contributed by atoms with E-state index in [2.05, 4.69) is 30.3 Å². The number of nitrogens with one attached hydrogen (secondary N) is 1. The maximum absolute atomic E-state index is 11.6. The Hall–Kier alpha value is -2.16. The summed E-state index contributed by atoms with van der Waals surface area (Å²) in [6.45, 7) is 2.19. The first-order valence-electron chi connectivity index (χ1n) is 5.34. The molecule has 1 N–H and O–H groups in total. The lowest BCUT2D eigenvalue weighted by Gasteiger charge is -2.03. The Morgan fingerprint density at radius 2 is 2.32 bits per heavy atom. The fourth-order valence-electron chi connectivity index (χ4n) is 1.21. The standard InChI is InChI=1S/C9H11ClN6O3/c1-5-8(15-19-14-5)18-4-3-11-7(17)6-12-9(10)16(2)13-6/h3-4H2,1-2H3,(H,11,17). The molecule has 2 rings (SSSR count). The Kier molecular flexibility index (Phi) is 3.95. The second-order valence-corrected chi connectivity index (χ2v) is 3.93. The molecule has 102 valence electrons. The Bertz CT molecular complexity index is 561. The highest BCUT2D eigenvalue weighted by molar-refractivity contribution is 6.28. The smallest absolute Gasteiger partial charge is 0.291 e. The van der Waals surface area contributed by atoms with Gasteiger partial charge in [0.05, 0.1) is 6.54 Å². The van der Waals surface area contributed by atoms with Crippen molar-refractivity contribution in [3.8, 4) is 5.88 Å². The van der Waals surface area contributed by atoms with Crippen LogP contribution in [0, 0.1) is 6.92 Å². The summed E-state index contributed by atoms with van der Waals surface area (Å²) in [4.78, 5) is 15.4. The van der Waals surface area contributed by atoms with Crippen molar-refractivity contribution in [2.24, 2.45) is 7.05 Å². The Balaban J connectivity index is 1.77. The Labute approximate surface area is 112 Å². The van der Waals surface area contributed by atoms with Crippen molar-refractivity contribution in [2.45, 2.75) is 6.92 Å². The molecular weight excluding hydrogens is 276 g/mol. The van der Waals surface area contributed by atoms with Gasteiger partial charge in [0.1, 0.15) is 12.3 Å². The van der Waals surface area contributed by atoms with Gasteiger partial charge >= 0.3 is 0 Å². The predicted octanol–water partition coefficient (Wildman–Crippen LogP) is -0.0313. The summed E-state index contributed by atoms with van der Waals surface area (Å²) in [5.74, 6) is -0.124. The van der Waals surface area contributed by atoms with E-state index >= 15 is 0 Å². The Morgan fingerprint density at radius 3 is 2.89 bits per heavy atom. The van der Waals surface area contributed by atoms with Gasteiger partial charge in [-0.05, 0) is 23.7 Å². The molecule has 0 saturated carbocycles. The first-order chi connectivity index (χ1) is 9.08. The van der Waals surface area contributed by atoms with Gasteiger partial charge in [-0.1, -0.05) is 5.16 Å². The van der Waals surface area contributed by atoms with Crippen molar-refractivity contribution in [3.63, 3.8) is 0 Å². The summed E-state index contributed by atoms with van der Waals surface area (Å²) in [5, 5.41) is 13.7. The van der Waals surface area contributed by atoms with Crippen LogP contribution in [-0.4, -0.2) is 44.1 Å². The average Bonchev–Trinajstić information content (AvgIpc) is 2.92. The van der Waals surface area contributed by atoms with E-state index < -0.39 is 5.91 Å². The molecule has 9 nitrogen and oxygen atoms in total. The van der Waals surface area contributed by atoms with E-state index in [4.69, 9.17) is 16.3 Å². The van der Waals surface area contributed by atoms with Crippen LogP contribution in [0.1, 0.15) is 16.3 Å². The number of ether oxygens (including phenoxy) is 1. The van der Waals surface area contributed by atoms with Crippen molar-refractivity contribution < 1.29 is 14.2 Å². The summed E-state index contributed by atoms with van der Waals surface area (Å²) in [6.07, 6.45) is 0. The predicted molar refractivity (Wildman–Crippen MR) is 62.9 cm³/mol. The first kappa shape index (κ1) is 13.3. The van der Waals surface area contributed by atoms with Crippen molar-refractivity contribution in [1.29, 1.82) is 0 Å². The second kappa shape index (κ2) is 5.65. The third kappa shape index (κ3) is 3.19. The van der Waals surface area contributed by atoms with Crippen LogP contribution in [0.3, 0.4) is 0 Å². The normalized spacial score (nSPS) is 10.5. The third-order valence-electron chi connectivity index (χ3n) is 2.15. The molecule has 0 aromatic carbocycles. The van der Waals surface area contributed by atoms with Gasteiger partial charge < -0.3 is 10.1 Å².